The van der Waals surface area contributed by atoms with Crippen molar-refractivity contribution in [3.05, 3.63) is 35.9 Å². The Morgan fingerprint density at radius 3 is 2.05 bits per heavy atom. The number of carbonyl (C=O) groups is 1. The Morgan fingerprint density at radius 2 is 1.52 bits per heavy atom. The highest BCUT2D eigenvalue weighted by atomic mass is 28.5. The van der Waals surface area contributed by atoms with Crippen LogP contribution in [0.4, 0.5) is 0 Å². The van der Waals surface area contributed by atoms with Gasteiger partial charge in [0.1, 0.15) is 0 Å². The Labute approximate surface area is 130 Å². The number of hydrogen-bond acceptors (Lipinski definition) is 6. The van der Waals surface area contributed by atoms with E-state index in [2.05, 4.69) is 0 Å². The number of hydrogen-bond donors (Lipinski definition) is 0. The van der Waals surface area contributed by atoms with Crippen molar-refractivity contribution >= 4 is 42.6 Å². The lowest BCUT2D eigenvalue weighted by Gasteiger charge is -2.35. The molecule has 0 aromatic heterocycles. The molecule has 0 radical (unpaired) electrons. The van der Waals surface area contributed by atoms with Gasteiger partial charge >= 0.3 is 33.3 Å². The monoisotopic (exact) mass is 360 g/mol. The maximum Gasteiger partial charge on any atom is 0.546 e. The molecule has 1 aromatic rings. The molecule has 1 aliphatic heterocycles. The number of carbonyl (C=O) groups excluding carboxylic acids is 1. The average molecular weight is 361 g/mol. The summed E-state index contributed by atoms with van der Waals surface area (Å²) in [6, 6.07) is 8.82. The van der Waals surface area contributed by atoms with E-state index in [1.807, 2.05) is 25.7 Å². The number of benzene rings is 1. The second-order valence-corrected chi connectivity index (χ2v) is 14.2. The molecule has 6 nitrogen and oxygen atoms in total. The summed E-state index contributed by atoms with van der Waals surface area (Å²) in [6.07, 6.45) is 0. The van der Waals surface area contributed by atoms with Gasteiger partial charge in [0.15, 0.2) is 0 Å². The van der Waals surface area contributed by atoms with E-state index >= 15 is 0 Å². The van der Waals surface area contributed by atoms with Crippen molar-refractivity contribution in [2.75, 3.05) is 0 Å². The van der Waals surface area contributed by atoms with Gasteiger partial charge in [-0.25, -0.2) is 4.79 Å². The maximum atomic E-state index is 12.2. The first-order valence-electron chi connectivity index (χ1n) is 6.83. The van der Waals surface area contributed by atoms with Crippen molar-refractivity contribution in [2.24, 2.45) is 0 Å². The van der Waals surface area contributed by atoms with E-state index in [4.69, 9.17) is 20.9 Å². The maximum absolute atomic E-state index is 12.2. The summed E-state index contributed by atoms with van der Waals surface area (Å²) >= 11 is 0. The van der Waals surface area contributed by atoms with Crippen LogP contribution in [0.2, 0.25) is 26.2 Å². The lowest BCUT2D eigenvalue weighted by Crippen LogP contribution is -2.55. The molecule has 21 heavy (non-hydrogen) atoms. The molecule has 1 fully saturated rings. The first-order chi connectivity index (χ1) is 9.88. The Balaban J connectivity index is 2.10. The Kier molecular flexibility index (Phi) is 5.67. The van der Waals surface area contributed by atoms with Crippen LogP contribution in [0.3, 0.4) is 0 Å². The lowest BCUT2D eigenvalue weighted by molar-refractivity contribution is 0.0609. The first-order valence-corrected chi connectivity index (χ1v) is 15.3. The molecule has 116 valence electrons. The molecular formula is C11H20O6Si4. The molecule has 0 amide bonds. The summed E-state index contributed by atoms with van der Waals surface area (Å²) in [6.45, 7) is 7.48. The largest absolute Gasteiger partial charge is 0.546 e. The minimum atomic E-state index is -3.07. The van der Waals surface area contributed by atoms with Gasteiger partial charge in [-0.15, -0.1) is 0 Å². The van der Waals surface area contributed by atoms with Gasteiger partial charge in [0.25, 0.3) is 9.28 Å². The average Bonchev–Trinajstić information content (AvgIpc) is 2.36. The Hall–Kier alpha value is -0.602. The lowest BCUT2D eigenvalue weighted by atomic mass is 10.2. The van der Waals surface area contributed by atoms with Gasteiger partial charge in [-0.1, -0.05) is 18.2 Å². The van der Waals surface area contributed by atoms with Crippen molar-refractivity contribution in [3.63, 3.8) is 0 Å². The Morgan fingerprint density at radius 1 is 1.00 bits per heavy atom. The van der Waals surface area contributed by atoms with Crippen LogP contribution in [0.1, 0.15) is 10.4 Å². The standard InChI is InChI=1S/C11H20O6Si4/c1-18-14-19(2)16-21(4,17-20(3)15-18)13-11(12)10-8-6-5-7-9-10/h5-9,18-20H,1-4H3. The molecular weight excluding hydrogens is 340 g/mol. The van der Waals surface area contributed by atoms with Crippen molar-refractivity contribution in [1.29, 1.82) is 0 Å². The quantitative estimate of drug-likeness (QED) is 0.735. The fourth-order valence-electron chi connectivity index (χ4n) is 2.11. The van der Waals surface area contributed by atoms with Gasteiger partial charge in [0.2, 0.25) is 0 Å². The third-order valence-corrected chi connectivity index (χ3v) is 15.6. The smallest absolute Gasteiger partial charge is 0.471 e. The highest BCUT2D eigenvalue weighted by Crippen LogP contribution is 2.19. The molecule has 1 aromatic carbocycles. The van der Waals surface area contributed by atoms with E-state index in [0.717, 1.165) is 0 Å². The summed E-state index contributed by atoms with van der Waals surface area (Å²) in [5.41, 5.74) is 0.480. The van der Waals surface area contributed by atoms with Gasteiger partial charge < -0.3 is 20.9 Å². The van der Waals surface area contributed by atoms with Crippen molar-refractivity contribution in [2.45, 2.75) is 26.2 Å². The van der Waals surface area contributed by atoms with E-state index in [-0.39, 0.29) is 0 Å². The fraction of sp³-hybridized carbons (Fsp3) is 0.364. The summed E-state index contributed by atoms with van der Waals surface area (Å²) in [5.74, 6) is -0.432. The SMILES string of the molecule is C[SiH]1O[SiH](C)O[Si](C)(OC(=O)c2ccccc2)O[SiH](C)O1. The normalized spacial score (nSPS) is 33.8. The molecule has 1 saturated heterocycles. The van der Waals surface area contributed by atoms with E-state index in [1.165, 1.54) is 0 Å². The van der Waals surface area contributed by atoms with Crippen molar-refractivity contribution in [3.8, 4) is 0 Å². The molecule has 2 atom stereocenters. The summed E-state index contributed by atoms with van der Waals surface area (Å²) < 4.78 is 28.9. The van der Waals surface area contributed by atoms with E-state index in [9.17, 15) is 4.79 Å². The van der Waals surface area contributed by atoms with Crippen LogP contribution in [-0.2, 0) is 20.9 Å². The summed E-state index contributed by atoms with van der Waals surface area (Å²) in [4.78, 5) is 12.2. The van der Waals surface area contributed by atoms with Gasteiger partial charge in [-0.3, -0.25) is 0 Å². The zero-order valence-corrected chi connectivity index (χ0v) is 17.0. The molecule has 1 heterocycles. The highest BCUT2D eigenvalue weighted by Gasteiger charge is 2.45. The molecule has 0 spiro atoms. The summed E-state index contributed by atoms with van der Waals surface area (Å²) in [7, 11) is -8.58. The second kappa shape index (κ2) is 7.11. The predicted molar refractivity (Wildman–Crippen MR) is 86.9 cm³/mol. The van der Waals surface area contributed by atoms with E-state index in [1.54, 1.807) is 30.8 Å². The van der Waals surface area contributed by atoms with Crippen LogP contribution in [0.5, 0.6) is 0 Å². The molecule has 1 aliphatic rings. The van der Waals surface area contributed by atoms with Crippen LogP contribution in [0.25, 0.3) is 0 Å². The first kappa shape index (κ1) is 16.8. The third-order valence-electron chi connectivity index (χ3n) is 2.81. The predicted octanol–water partition coefficient (Wildman–Crippen LogP) is 1.04. The molecule has 2 unspecified atom stereocenters. The van der Waals surface area contributed by atoms with Gasteiger partial charge in [-0.2, -0.15) is 0 Å². The highest BCUT2D eigenvalue weighted by molar-refractivity contribution is 6.78. The molecule has 0 saturated carbocycles. The molecule has 0 N–H and O–H groups in total. The van der Waals surface area contributed by atoms with Gasteiger partial charge in [0, 0.05) is 6.55 Å². The van der Waals surface area contributed by atoms with Crippen molar-refractivity contribution in [1.82, 2.24) is 0 Å². The Bertz CT molecular complexity index is 473. The van der Waals surface area contributed by atoms with Crippen molar-refractivity contribution < 1.29 is 25.7 Å². The van der Waals surface area contributed by atoms with Crippen LogP contribution >= 0.6 is 0 Å². The molecule has 2 rings (SSSR count). The topological polar surface area (TPSA) is 63.2 Å². The summed E-state index contributed by atoms with van der Waals surface area (Å²) in [5, 5.41) is 0. The fourth-order valence-corrected chi connectivity index (χ4v) is 15.1. The minimum Gasteiger partial charge on any atom is -0.471 e. The van der Waals surface area contributed by atoms with E-state index in [0.29, 0.717) is 5.56 Å². The van der Waals surface area contributed by atoms with Crippen LogP contribution in [0.15, 0.2) is 30.3 Å². The molecule has 0 bridgehead atoms. The van der Waals surface area contributed by atoms with Crippen LogP contribution in [-0.4, -0.2) is 42.6 Å². The van der Waals surface area contributed by atoms with Crippen LogP contribution < -0.4 is 0 Å². The van der Waals surface area contributed by atoms with Gasteiger partial charge in [0.05, 0.1) is 5.56 Å². The third kappa shape index (κ3) is 4.96. The minimum absolute atomic E-state index is 0.432. The second-order valence-electron chi connectivity index (χ2n) is 4.83. The van der Waals surface area contributed by atoms with E-state index < -0.39 is 42.6 Å². The van der Waals surface area contributed by atoms with Gasteiger partial charge in [-0.05, 0) is 31.8 Å². The molecule has 0 aliphatic carbocycles. The molecule has 10 heteroatoms. The van der Waals surface area contributed by atoms with Crippen LogP contribution in [0, 0.1) is 0 Å². The zero-order valence-electron chi connectivity index (χ0n) is 12.6. The zero-order chi connectivity index (χ0) is 15.5. The number of rotatable bonds is 2.